The Hall–Kier alpha value is -0.860. The molecule has 1 aliphatic rings. The normalized spacial score (nSPS) is 18.9. The van der Waals surface area contributed by atoms with Gasteiger partial charge in [0.2, 0.25) is 5.78 Å². The summed E-state index contributed by atoms with van der Waals surface area (Å²) in [5.74, 6) is -1.08. The number of esters is 1. The Kier molecular flexibility index (Phi) is 4.51. The third-order valence-electron chi connectivity index (χ3n) is 2.83. The molecular formula is C13H22O3. The minimum absolute atomic E-state index is 0.0997. The van der Waals surface area contributed by atoms with Gasteiger partial charge in [-0.3, -0.25) is 4.79 Å². The topological polar surface area (TPSA) is 43.4 Å². The van der Waals surface area contributed by atoms with Gasteiger partial charge >= 0.3 is 5.97 Å². The zero-order valence-electron chi connectivity index (χ0n) is 10.5. The van der Waals surface area contributed by atoms with E-state index in [2.05, 4.69) is 0 Å². The van der Waals surface area contributed by atoms with Gasteiger partial charge in [-0.15, -0.1) is 0 Å². The number of ether oxygens (including phenoxy) is 1. The molecule has 0 N–H and O–H groups in total. The van der Waals surface area contributed by atoms with Gasteiger partial charge in [0.05, 0.1) is 0 Å². The molecule has 0 aromatic carbocycles. The first-order valence-corrected chi connectivity index (χ1v) is 6.17. The molecule has 1 rings (SSSR count). The fourth-order valence-corrected chi connectivity index (χ4v) is 2.04. The number of hydrogen-bond donors (Lipinski definition) is 0. The number of ketones is 1. The van der Waals surface area contributed by atoms with Crippen LogP contribution in [0.4, 0.5) is 0 Å². The Morgan fingerprint density at radius 1 is 1.00 bits per heavy atom. The fraction of sp³-hybridized carbons (Fsp3) is 0.846. The maximum Gasteiger partial charge on any atom is 0.375 e. The lowest BCUT2D eigenvalue weighted by Gasteiger charge is -2.20. The summed E-state index contributed by atoms with van der Waals surface area (Å²) in [6, 6.07) is 0. The molecule has 0 heterocycles. The zero-order chi connectivity index (χ0) is 12.2. The van der Waals surface area contributed by atoms with E-state index in [1.54, 1.807) is 20.8 Å². The van der Waals surface area contributed by atoms with Gasteiger partial charge in [-0.1, -0.05) is 25.7 Å². The highest BCUT2D eigenvalue weighted by Crippen LogP contribution is 2.24. The van der Waals surface area contributed by atoms with Crippen molar-refractivity contribution in [1.29, 1.82) is 0 Å². The summed E-state index contributed by atoms with van der Waals surface area (Å²) in [7, 11) is 0. The number of hydrogen-bond acceptors (Lipinski definition) is 3. The summed E-state index contributed by atoms with van der Waals surface area (Å²) < 4.78 is 5.11. The summed E-state index contributed by atoms with van der Waals surface area (Å²) in [6.07, 6.45) is 6.16. The third-order valence-corrected chi connectivity index (χ3v) is 2.83. The molecule has 0 unspecified atom stereocenters. The number of carbonyl (C=O) groups excluding carboxylic acids is 2. The van der Waals surface area contributed by atoms with Crippen molar-refractivity contribution in [3.05, 3.63) is 0 Å². The first kappa shape index (κ1) is 13.2. The predicted octanol–water partition coefficient (Wildman–Crippen LogP) is 2.87. The average Bonchev–Trinajstić information content (AvgIpc) is 2.41. The molecule has 0 saturated heterocycles. The molecule has 0 aromatic rings. The Balaban J connectivity index is 2.52. The molecule has 16 heavy (non-hydrogen) atoms. The smallest absolute Gasteiger partial charge is 0.375 e. The molecule has 0 aliphatic heterocycles. The Bertz CT molecular complexity index is 255. The quantitative estimate of drug-likeness (QED) is 0.413. The summed E-state index contributed by atoms with van der Waals surface area (Å²) in [5.41, 5.74) is -0.572. The van der Waals surface area contributed by atoms with Gasteiger partial charge in [0, 0.05) is 5.92 Å². The molecule has 0 aromatic heterocycles. The third kappa shape index (κ3) is 4.33. The predicted molar refractivity (Wildman–Crippen MR) is 62.0 cm³/mol. The zero-order valence-corrected chi connectivity index (χ0v) is 10.5. The maximum absolute atomic E-state index is 11.9. The lowest BCUT2D eigenvalue weighted by Crippen LogP contribution is -2.32. The molecular weight excluding hydrogens is 204 g/mol. The molecule has 0 spiro atoms. The van der Waals surface area contributed by atoms with E-state index < -0.39 is 11.6 Å². The minimum atomic E-state index is -0.653. The van der Waals surface area contributed by atoms with Crippen LogP contribution in [-0.2, 0) is 14.3 Å². The molecule has 1 saturated carbocycles. The minimum Gasteiger partial charge on any atom is -0.454 e. The van der Waals surface area contributed by atoms with Gasteiger partial charge < -0.3 is 4.74 Å². The van der Waals surface area contributed by atoms with Crippen LogP contribution >= 0.6 is 0 Å². The highest BCUT2D eigenvalue weighted by molar-refractivity contribution is 6.34. The van der Waals surface area contributed by atoms with Crippen molar-refractivity contribution < 1.29 is 14.3 Å². The van der Waals surface area contributed by atoms with Crippen LogP contribution in [-0.4, -0.2) is 17.4 Å². The van der Waals surface area contributed by atoms with Crippen LogP contribution < -0.4 is 0 Å². The second-order valence-corrected chi connectivity index (χ2v) is 5.55. The average molecular weight is 226 g/mol. The van der Waals surface area contributed by atoms with Crippen molar-refractivity contribution in [2.24, 2.45) is 5.92 Å². The van der Waals surface area contributed by atoms with Gasteiger partial charge in [-0.05, 0) is 33.6 Å². The van der Waals surface area contributed by atoms with Crippen molar-refractivity contribution in [3.63, 3.8) is 0 Å². The first-order valence-electron chi connectivity index (χ1n) is 6.17. The van der Waals surface area contributed by atoms with Gasteiger partial charge in [-0.2, -0.15) is 0 Å². The molecule has 0 radical (unpaired) electrons. The van der Waals surface area contributed by atoms with Gasteiger partial charge in [0.1, 0.15) is 5.60 Å². The number of rotatable bonds is 2. The molecule has 0 amide bonds. The maximum atomic E-state index is 11.9. The van der Waals surface area contributed by atoms with Crippen LogP contribution in [0.5, 0.6) is 0 Å². The Morgan fingerprint density at radius 2 is 1.50 bits per heavy atom. The number of Topliss-reactive ketones (excluding diaryl/α,β-unsaturated/α-hetero) is 1. The van der Waals surface area contributed by atoms with E-state index in [0.29, 0.717) is 0 Å². The summed E-state index contributed by atoms with van der Waals surface area (Å²) in [4.78, 5) is 23.5. The van der Waals surface area contributed by atoms with Gasteiger partial charge in [0.25, 0.3) is 0 Å². The van der Waals surface area contributed by atoms with Crippen LogP contribution in [0, 0.1) is 5.92 Å². The second-order valence-electron chi connectivity index (χ2n) is 5.55. The van der Waals surface area contributed by atoms with E-state index >= 15 is 0 Å². The van der Waals surface area contributed by atoms with E-state index in [1.807, 2.05) is 0 Å². The van der Waals surface area contributed by atoms with Crippen LogP contribution in [0.2, 0.25) is 0 Å². The standard InChI is InChI=1S/C13H22O3/c1-13(2,3)16-12(15)11(14)10-8-6-4-5-7-9-10/h10H,4-9H2,1-3H3. The monoisotopic (exact) mass is 226 g/mol. The van der Waals surface area contributed by atoms with Crippen molar-refractivity contribution in [3.8, 4) is 0 Å². The van der Waals surface area contributed by atoms with Crippen molar-refractivity contribution >= 4 is 11.8 Å². The SMILES string of the molecule is CC(C)(C)OC(=O)C(=O)C1CCCCCC1. The van der Waals surface area contributed by atoms with E-state index in [0.717, 1.165) is 25.7 Å². The molecule has 3 nitrogen and oxygen atoms in total. The lowest BCUT2D eigenvalue weighted by atomic mass is 9.95. The Morgan fingerprint density at radius 3 is 1.94 bits per heavy atom. The first-order chi connectivity index (χ1) is 7.40. The summed E-state index contributed by atoms with van der Waals surface area (Å²) in [5, 5.41) is 0. The van der Waals surface area contributed by atoms with Gasteiger partial charge in [0.15, 0.2) is 0 Å². The van der Waals surface area contributed by atoms with Crippen molar-refractivity contribution in [2.75, 3.05) is 0 Å². The summed E-state index contributed by atoms with van der Waals surface area (Å²) in [6.45, 7) is 5.35. The highest BCUT2D eigenvalue weighted by atomic mass is 16.6. The van der Waals surface area contributed by atoms with Crippen molar-refractivity contribution in [1.82, 2.24) is 0 Å². The Labute approximate surface area is 97.5 Å². The van der Waals surface area contributed by atoms with Crippen molar-refractivity contribution in [2.45, 2.75) is 64.9 Å². The summed E-state index contributed by atoms with van der Waals surface area (Å²) >= 11 is 0. The van der Waals surface area contributed by atoms with E-state index in [9.17, 15) is 9.59 Å². The largest absolute Gasteiger partial charge is 0.454 e. The molecule has 1 fully saturated rings. The van der Waals surface area contributed by atoms with Crippen LogP contribution in [0.25, 0.3) is 0 Å². The molecule has 92 valence electrons. The van der Waals surface area contributed by atoms with Crippen LogP contribution in [0.1, 0.15) is 59.3 Å². The molecule has 0 bridgehead atoms. The fourth-order valence-electron chi connectivity index (χ4n) is 2.04. The molecule has 1 aliphatic carbocycles. The van der Waals surface area contributed by atoms with Gasteiger partial charge in [-0.25, -0.2) is 4.79 Å². The molecule has 0 atom stereocenters. The lowest BCUT2D eigenvalue weighted by molar-refractivity contribution is -0.164. The van der Waals surface area contributed by atoms with Crippen LogP contribution in [0.3, 0.4) is 0 Å². The number of carbonyl (C=O) groups is 2. The second kappa shape index (κ2) is 5.46. The van der Waals surface area contributed by atoms with E-state index in [4.69, 9.17) is 4.74 Å². The van der Waals surface area contributed by atoms with E-state index in [1.165, 1.54) is 12.8 Å². The van der Waals surface area contributed by atoms with E-state index in [-0.39, 0.29) is 11.7 Å². The molecule has 3 heteroatoms. The highest BCUT2D eigenvalue weighted by Gasteiger charge is 2.29. The van der Waals surface area contributed by atoms with Crippen LogP contribution in [0.15, 0.2) is 0 Å².